The van der Waals surface area contributed by atoms with Crippen molar-refractivity contribution in [3.8, 4) is 0 Å². The monoisotopic (exact) mass is 228 g/mol. The second-order valence-electron chi connectivity index (χ2n) is 4.73. The molecule has 4 heteroatoms. The van der Waals surface area contributed by atoms with Gasteiger partial charge in [0.25, 0.3) is 0 Å². The van der Waals surface area contributed by atoms with Gasteiger partial charge in [0.2, 0.25) is 5.91 Å². The molecule has 1 fully saturated rings. The number of rotatable bonds is 7. The third-order valence-corrected chi connectivity index (χ3v) is 3.69. The van der Waals surface area contributed by atoms with Crippen LogP contribution in [0.1, 0.15) is 39.0 Å². The molecule has 3 N–H and O–H groups in total. The van der Waals surface area contributed by atoms with Gasteiger partial charge in [0.1, 0.15) is 0 Å². The van der Waals surface area contributed by atoms with Gasteiger partial charge in [-0.1, -0.05) is 13.3 Å². The van der Waals surface area contributed by atoms with Gasteiger partial charge in [-0.15, -0.1) is 0 Å². The van der Waals surface area contributed by atoms with Gasteiger partial charge in [0.05, 0.1) is 5.60 Å². The minimum absolute atomic E-state index is 0.0832. The molecule has 0 aliphatic heterocycles. The largest absolute Gasteiger partial charge is 0.376 e. The molecule has 0 aromatic rings. The molecule has 16 heavy (non-hydrogen) atoms. The first kappa shape index (κ1) is 13.5. The number of carbonyl (C=O) groups is 1. The Hall–Kier alpha value is -0.610. The maximum Gasteiger partial charge on any atom is 0.220 e. The highest BCUT2D eigenvalue weighted by atomic mass is 16.5. The molecular formula is C12H24N2O2. The van der Waals surface area contributed by atoms with Gasteiger partial charge < -0.3 is 15.8 Å². The quantitative estimate of drug-likeness (QED) is 0.684. The van der Waals surface area contributed by atoms with Crippen molar-refractivity contribution < 1.29 is 9.53 Å². The van der Waals surface area contributed by atoms with Gasteiger partial charge in [-0.3, -0.25) is 4.79 Å². The predicted octanol–water partition coefficient (Wildman–Crippen LogP) is 1.05. The second-order valence-corrected chi connectivity index (χ2v) is 4.73. The zero-order chi connectivity index (χ0) is 12.0. The van der Waals surface area contributed by atoms with Crippen LogP contribution in [0.4, 0.5) is 0 Å². The molecule has 1 aliphatic rings. The Labute approximate surface area is 97.9 Å². The van der Waals surface area contributed by atoms with Crippen molar-refractivity contribution in [1.29, 1.82) is 0 Å². The third-order valence-electron chi connectivity index (χ3n) is 3.69. The Kier molecular flexibility index (Phi) is 5.22. The van der Waals surface area contributed by atoms with Crippen LogP contribution in [0.3, 0.4) is 0 Å². The Balaban J connectivity index is 2.24. The molecule has 0 heterocycles. The Bertz CT molecular complexity index is 218. The fraction of sp³-hybridized carbons (Fsp3) is 0.917. The van der Waals surface area contributed by atoms with Crippen LogP contribution in [0.2, 0.25) is 0 Å². The maximum atomic E-state index is 11.7. The summed E-state index contributed by atoms with van der Waals surface area (Å²) in [5, 5.41) is 2.96. The minimum Gasteiger partial charge on any atom is -0.376 e. The first-order valence-corrected chi connectivity index (χ1v) is 6.17. The molecule has 1 amide bonds. The van der Waals surface area contributed by atoms with Crippen LogP contribution >= 0.6 is 0 Å². The molecule has 0 aromatic heterocycles. The van der Waals surface area contributed by atoms with E-state index in [0.29, 0.717) is 25.4 Å². The van der Waals surface area contributed by atoms with E-state index in [1.807, 2.05) is 0 Å². The SMILES string of the molecule is CCC(CN)CC(=O)NCC1(OC)CCC1. The van der Waals surface area contributed by atoms with E-state index in [0.717, 1.165) is 19.3 Å². The lowest BCUT2D eigenvalue weighted by Gasteiger charge is -2.40. The van der Waals surface area contributed by atoms with Gasteiger partial charge in [-0.25, -0.2) is 0 Å². The smallest absolute Gasteiger partial charge is 0.220 e. The van der Waals surface area contributed by atoms with E-state index in [1.54, 1.807) is 7.11 Å². The van der Waals surface area contributed by atoms with Crippen molar-refractivity contribution in [1.82, 2.24) is 5.32 Å². The molecule has 1 atom stereocenters. The topological polar surface area (TPSA) is 64.4 Å². The van der Waals surface area contributed by atoms with Crippen molar-refractivity contribution in [3.63, 3.8) is 0 Å². The number of ether oxygens (including phenoxy) is 1. The highest BCUT2D eigenvalue weighted by Crippen LogP contribution is 2.34. The van der Waals surface area contributed by atoms with E-state index in [-0.39, 0.29) is 11.5 Å². The second kappa shape index (κ2) is 6.21. The van der Waals surface area contributed by atoms with Crippen molar-refractivity contribution in [2.75, 3.05) is 20.2 Å². The fourth-order valence-corrected chi connectivity index (χ4v) is 2.01. The molecule has 0 spiro atoms. The van der Waals surface area contributed by atoms with Crippen molar-refractivity contribution in [2.45, 2.75) is 44.6 Å². The van der Waals surface area contributed by atoms with Crippen molar-refractivity contribution >= 4 is 5.91 Å². The fourth-order valence-electron chi connectivity index (χ4n) is 2.01. The summed E-state index contributed by atoms with van der Waals surface area (Å²) in [4.78, 5) is 11.7. The lowest BCUT2D eigenvalue weighted by molar-refractivity contribution is -0.125. The van der Waals surface area contributed by atoms with Crippen LogP contribution < -0.4 is 11.1 Å². The first-order valence-electron chi connectivity index (χ1n) is 6.17. The normalized spacial score (nSPS) is 19.9. The lowest BCUT2D eigenvalue weighted by atomic mass is 9.80. The Morgan fingerprint density at radius 2 is 2.25 bits per heavy atom. The molecule has 1 rings (SSSR count). The molecule has 0 radical (unpaired) electrons. The predicted molar refractivity (Wildman–Crippen MR) is 64.1 cm³/mol. The molecule has 1 saturated carbocycles. The zero-order valence-corrected chi connectivity index (χ0v) is 10.4. The average molecular weight is 228 g/mol. The summed E-state index contributed by atoms with van der Waals surface area (Å²) in [5.74, 6) is 0.403. The van der Waals surface area contributed by atoms with E-state index in [2.05, 4.69) is 12.2 Å². The number of methoxy groups -OCH3 is 1. The van der Waals surface area contributed by atoms with Crippen LogP contribution in [0, 0.1) is 5.92 Å². The summed E-state index contributed by atoms with van der Waals surface area (Å²) < 4.78 is 5.44. The molecule has 4 nitrogen and oxygen atoms in total. The van der Waals surface area contributed by atoms with E-state index in [9.17, 15) is 4.79 Å². The molecule has 0 bridgehead atoms. The molecular weight excluding hydrogens is 204 g/mol. The number of nitrogens with one attached hydrogen (secondary N) is 1. The number of nitrogens with two attached hydrogens (primary N) is 1. The zero-order valence-electron chi connectivity index (χ0n) is 10.4. The van der Waals surface area contributed by atoms with E-state index >= 15 is 0 Å². The van der Waals surface area contributed by atoms with Crippen LogP contribution in [0.15, 0.2) is 0 Å². The van der Waals surface area contributed by atoms with E-state index < -0.39 is 0 Å². The number of hydrogen-bond donors (Lipinski definition) is 2. The van der Waals surface area contributed by atoms with Gasteiger partial charge in [0.15, 0.2) is 0 Å². The average Bonchev–Trinajstić information content (AvgIpc) is 2.25. The standard InChI is InChI=1S/C12H24N2O2/c1-3-10(8-13)7-11(15)14-9-12(16-2)5-4-6-12/h10H,3-9,13H2,1-2H3,(H,14,15). The van der Waals surface area contributed by atoms with Gasteiger partial charge in [-0.05, 0) is 31.7 Å². The van der Waals surface area contributed by atoms with Crippen LogP contribution in [-0.2, 0) is 9.53 Å². The highest BCUT2D eigenvalue weighted by Gasteiger charge is 2.37. The van der Waals surface area contributed by atoms with Crippen LogP contribution in [0.25, 0.3) is 0 Å². The van der Waals surface area contributed by atoms with Crippen molar-refractivity contribution in [3.05, 3.63) is 0 Å². The van der Waals surface area contributed by atoms with E-state index in [4.69, 9.17) is 10.5 Å². The Morgan fingerprint density at radius 1 is 1.56 bits per heavy atom. The summed E-state index contributed by atoms with van der Waals surface area (Å²) in [6.07, 6.45) is 4.80. The van der Waals surface area contributed by atoms with E-state index in [1.165, 1.54) is 6.42 Å². The molecule has 1 aliphatic carbocycles. The Morgan fingerprint density at radius 3 is 2.62 bits per heavy atom. The summed E-state index contributed by atoms with van der Waals surface area (Å²) in [6, 6.07) is 0. The third kappa shape index (κ3) is 3.46. The molecule has 0 saturated heterocycles. The summed E-state index contributed by atoms with van der Waals surface area (Å²) in [5.41, 5.74) is 5.49. The van der Waals surface area contributed by atoms with Crippen LogP contribution in [-0.4, -0.2) is 31.7 Å². The highest BCUT2D eigenvalue weighted by molar-refractivity contribution is 5.76. The molecule has 94 valence electrons. The van der Waals surface area contributed by atoms with Crippen molar-refractivity contribution in [2.24, 2.45) is 11.7 Å². The first-order chi connectivity index (χ1) is 7.65. The summed E-state index contributed by atoms with van der Waals surface area (Å²) in [6.45, 7) is 3.29. The maximum absolute atomic E-state index is 11.7. The molecule has 1 unspecified atom stereocenters. The molecule has 0 aromatic carbocycles. The lowest BCUT2D eigenvalue weighted by Crippen LogP contribution is -2.49. The minimum atomic E-state index is -0.0832. The van der Waals surface area contributed by atoms with Crippen LogP contribution in [0.5, 0.6) is 0 Å². The van der Waals surface area contributed by atoms with Gasteiger partial charge in [-0.2, -0.15) is 0 Å². The van der Waals surface area contributed by atoms with Gasteiger partial charge >= 0.3 is 0 Å². The van der Waals surface area contributed by atoms with Gasteiger partial charge in [0, 0.05) is 20.1 Å². The summed E-state index contributed by atoms with van der Waals surface area (Å²) >= 11 is 0. The number of hydrogen-bond acceptors (Lipinski definition) is 3. The number of amides is 1. The number of carbonyl (C=O) groups excluding carboxylic acids is 1. The summed E-state index contributed by atoms with van der Waals surface area (Å²) in [7, 11) is 1.72.